The smallest absolute Gasteiger partial charge is 0.405 e. The summed E-state index contributed by atoms with van der Waals surface area (Å²) < 4.78 is 50.7. The SMILES string of the molecule is O=C(O)C1(C(F)(F)F)CC1c1ccc(F)cc1. The van der Waals surface area contributed by atoms with E-state index in [0.29, 0.717) is 0 Å². The molecule has 1 N–H and O–H groups in total. The van der Waals surface area contributed by atoms with Crippen molar-refractivity contribution in [3.63, 3.8) is 0 Å². The molecule has 1 saturated carbocycles. The van der Waals surface area contributed by atoms with Crippen LogP contribution >= 0.6 is 0 Å². The molecule has 0 radical (unpaired) electrons. The third kappa shape index (κ3) is 1.67. The zero-order valence-corrected chi connectivity index (χ0v) is 8.46. The highest BCUT2D eigenvalue weighted by Gasteiger charge is 2.76. The van der Waals surface area contributed by atoms with Crippen molar-refractivity contribution in [2.75, 3.05) is 0 Å². The first-order valence-corrected chi connectivity index (χ1v) is 4.84. The topological polar surface area (TPSA) is 37.3 Å². The van der Waals surface area contributed by atoms with Crippen molar-refractivity contribution in [3.8, 4) is 0 Å². The number of halogens is 4. The summed E-state index contributed by atoms with van der Waals surface area (Å²) in [6, 6.07) is 4.43. The fraction of sp³-hybridized carbons (Fsp3) is 0.364. The van der Waals surface area contributed by atoms with Gasteiger partial charge in [0, 0.05) is 5.92 Å². The highest BCUT2D eigenvalue weighted by molar-refractivity contribution is 5.81. The molecule has 1 aromatic carbocycles. The fourth-order valence-corrected chi connectivity index (χ4v) is 2.03. The van der Waals surface area contributed by atoms with E-state index in [1.165, 1.54) is 12.1 Å². The van der Waals surface area contributed by atoms with Crippen LogP contribution in [0.4, 0.5) is 17.6 Å². The fourth-order valence-electron chi connectivity index (χ4n) is 2.03. The predicted octanol–water partition coefficient (Wildman–Crippen LogP) is 2.95. The average molecular weight is 248 g/mol. The third-order valence-corrected chi connectivity index (χ3v) is 3.12. The molecule has 0 bridgehead atoms. The van der Waals surface area contributed by atoms with Crippen LogP contribution in [0, 0.1) is 11.2 Å². The Kier molecular flexibility index (Phi) is 2.41. The number of hydrogen-bond donors (Lipinski definition) is 1. The van der Waals surface area contributed by atoms with Crippen LogP contribution in [0.1, 0.15) is 17.9 Å². The summed E-state index contributed by atoms with van der Waals surface area (Å²) in [4.78, 5) is 10.8. The number of carboxylic acids is 1. The van der Waals surface area contributed by atoms with Crippen LogP contribution in [0.5, 0.6) is 0 Å². The third-order valence-electron chi connectivity index (χ3n) is 3.12. The van der Waals surface area contributed by atoms with Crippen LogP contribution in [0.2, 0.25) is 0 Å². The van der Waals surface area contributed by atoms with Crippen molar-refractivity contribution in [1.82, 2.24) is 0 Å². The number of aliphatic carboxylic acids is 1. The van der Waals surface area contributed by atoms with Crippen LogP contribution in [-0.4, -0.2) is 17.3 Å². The van der Waals surface area contributed by atoms with E-state index in [1.54, 1.807) is 0 Å². The van der Waals surface area contributed by atoms with Gasteiger partial charge < -0.3 is 5.11 Å². The van der Waals surface area contributed by atoms with Gasteiger partial charge in [-0.05, 0) is 24.1 Å². The highest BCUT2D eigenvalue weighted by Crippen LogP contribution is 2.67. The van der Waals surface area contributed by atoms with E-state index in [9.17, 15) is 22.4 Å². The van der Waals surface area contributed by atoms with Crippen LogP contribution < -0.4 is 0 Å². The largest absolute Gasteiger partial charge is 0.481 e. The molecule has 1 fully saturated rings. The molecule has 2 nitrogen and oxygen atoms in total. The van der Waals surface area contributed by atoms with Gasteiger partial charge in [-0.15, -0.1) is 0 Å². The predicted molar refractivity (Wildman–Crippen MR) is 49.9 cm³/mol. The summed E-state index contributed by atoms with van der Waals surface area (Å²) in [6.07, 6.45) is -5.28. The van der Waals surface area contributed by atoms with Gasteiger partial charge in [-0.3, -0.25) is 4.79 Å². The van der Waals surface area contributed by atoms with E-state index in [4.69, 9.17) is 5.11 Å². The first kappa shape index (κ1) is 11.9. The quantitative estimate of drug-likeness (QED) is 0.817. The molecule has 6 heteroatoms. The van der Waals surface area contributed by atoms with Gasteiger partial charge in [-0.2, -0.15) is 13.2 Å². The van der Waals surface area contributed by atoms with Gasteiger partial charge in [-0.25, -0.2) is 4.39 Å². The summed E-state index contributed by atoms with van der Waals surface area (Å²) in [5, 5.41) is 8.73. The zero-order chi connectivity index (χ0) is 12.8. The molecule has 0 aromatic heterocycles. The molecular formula is C11H8F4O2. The molecule has 17 heavy (non-hydrogen) atoms. The molecule has 0 amide bonds. The maximum absolute atomic E-state index is 12.7. The monoisotopic (exact) mass is 248 g/mol. The second-order valence-corrected chi connectivity index (χ2v) is 4.08. The Hall–Kier alpha value is -1.59. The van der Waals surface area contributed by atoms with E-state index in [-0.39, 0.29) is 5.56 Å². The Morgan fingerprint density at radius 3 is 2.18 bits per heavy atom. The average Bonchev–Trinajstić information content (AvgIpc) is 2.94. The van der Waals surface area contributed by atoms with Crippen molar-refractivity contribution in [2.45, 2.75) is 18.5 Å². The highest BCUT2D eigenvalue weighted by atomic mass is 19.4. The molecule has 1 aromatic rings. The molecule has 2 unspecified atom stereocenters. The number of benzene rings is 1. The number of carbonyl (C=O) groups is 1. The zero-order valence-electron chi connectivity index (χ0n) is 8.46. The van der Waals surface area contributed by atoms with Crippen LogP contribution in [0.25, 0.3) is 0 Å². The maximum atomic E-state index is 12.7. The molecule has 2 rings (SSSR count). The standard InChI is InChI=1S/C11H8F4O2/c12-7-3-1-6(2-4-7)8-5-10(8,9(16)17)11(13,14)15/h1-4,8H,5H2,(H,16,17). The van der Waals surface area contributed by atoms with Crippen molar-refractivity contribution >= 4 is 5.97 Å². The van der Waals surface area contributed by atoms with Gasteiger partial charge in [0.1, 0.15) is 5.82 Å². The second kappa shape index (κ2) is 3.45. The van der Waals surface area contributed by atoms with Gasteiger partial charge in [0.25, 0.3) is 0 Å². The Balaban J connectivity index is 2.33. The number of alkyl halides is 3. The van der Waals surface area contributed by atoms with Crippen molar-refractivity contribution in [1.29, 1.82) is 0 Å². The summed E-state index contributed by atoms with van der Waals surface area (Å²) in [5.74, 6) is -3.57. The molecule has 0 heterocycles. The maximum Gasteiger partial charge on any atom is 0.405 e. The molecule has 1 aliphatic rings. The minimum absolute atomic E-state index is 0.200. The summed E-state index contributed by atoms with van der Waals surface area (Å²) in [7, 11) is 0. The number of hydrogen-bond acceptors (Lipinski definition) is 1. The molecule has 0 saturated heterocycles. The Labute approximate surface area is 93.9 Å². The Morgan fingerprint density at radius 1 is 1.29 bits per heavy atom. The second-order valence-electron chi connectivity index (χ2n) is 4.08. The van der Waals surface area contributed by atoms with Crippen molar-refractivity contribution in [2.24, 2.45) is 5.41 Å². The molecule has 0 aliphatic heterocycles. The Morgan fingerprint density at radius 2 is 1.82 bits per heavy atom. The summed E-state index contributed by atoms with van der Waals surface area (Å²) in [6.45, 7) is 0. The molecule has 2 atom stereocenters. The van der Waals surface area contributed by atoms with Gasteiger partial charge in [0.2, 0.25) is 0 Å². The number of carboxylic acid groups (broad SMARTS) is 1. The van der Waals surface area contributed by atoms with Gasteiger partial charge >= 0.3 is 12.1 Å². The van der Waals surface area contributed by atoms with E-state index in [2.05, 4.69) is 0 Å². The lowest BCUT2D eigenvalue weighted by Crippen LogP contribution is -2.34. The minimum atomic E-state index is -4.79. The first-order chi connectivity index (χ1) is 7.79. The van der Waals surface area contributed by atoms with Crippen LogP contribution in [-0.2, 0) is 4.79 Å². The molecule has 92 valence electrons. The normalized spacial score (nSPS) is 27.9. The molecule has 0 spiro atoms. The summed E-state index contributed by atoms with van der Waals surface area (Å²) in [5.41, 5.74) is -2.50. The van der Waals surface area contributed by atoms with Crippen molar-refractivity contribution in [3.05, 3.63) is 35.6 Å². The lowest BCUT2D eigenvalue weighted by Gasteiger charge is -2.16. The molecular weight excluding hydrogens is 240 g/mol. The summed E-state index contributed by atoms with van der Waals surface area (Å²) >= 11 is 0. The van der Waals surface area contributed by atoms with E-state index >= 15 is 0 Å². The van der Waals surface area contributed by atoms with Crippen molar-refractivity contribution < 1.29 is 27.5 Å². The van der Waals surface area contributed by atoms with E-state index < -0.39 is 35.7 Å². The Bertz CT molecular complexity index is 452. The van der Waals surface area contributed by atoms with Gasteiger partial charge in [-0.1, -0.05) is 12.1 Å². The van der Waals surface area contributed by atoms with Gasteiger partial charge in [0.15, 0.2) is 5.41 Å². The van der Waals surface area contributed by atoms with Crippen LogP contribution in [0.3, 0.4) is 0 Å². The van der Waals surface area contributed by atoms with E-state index in [1.807, 2.05) is 0 Å². The van der Waals surface area contributed by atoms with E-state index in [0.717, 1.165) is 12.1 Å². The minimum Gasteiger partial charge on any atom is -0.481 e. The first-order valence-electron chi connectivity index (χ1n) is 4.84. The number of rotatable bonds is 2. The molecule has 1 aliphatic carbocycles. The lowest BCUT2D eigenvalue weighted by atomic mass is 9.98. The lowest BCUT2D eigenvalue weighted by molar-refractivity contribution is -0.204. The van der Waals surface area contributed by atoms with Crippen LogP contribution in [0.15, 0.2) is 24.3 Å². The van der Waals surface area contributed by atoms with Gasteiger partial charge in [0.05, 0.1) is 0 Å².